The Labute approximate surface area is 131 Å². The van der Waals surface area contributed by atoms with Crippen LogP contribution in [-0.4, -0.2) is 16.0 Å². The Bertz CT molecular complexity index is 569. The molecule has 2 N–H and O–H groups in total. The van der Waals surface area contributed by atoms with E-state index in [1.54, 1.807) is 6.07 Å². The van der Waals surface area contributed by atoms with E-state index in [1.807, 2.05) is 0 Å². The lowest BCUT2D eigenvalue weighted by Crippen LogP contribution is -2.47. The van der Waals surface area contributed by atoms with E-state index in [0.29, 0.717) is 12.8 Å². The highest BCUT2D eigenvalue weighted by atomic mass is 16.3. The first-order chi connectivity index (χ1) is 10.5. The summed E-state index contributed by atoms with van der Waals surface area (Å²) in [5, 5.41) is 18.9. The highest BCUT2D eigenvalue weighted by Crippen LogP contribution is 2.61. The van der Waals surface area contributed by atoms with Gasteiger partial charge in [-0.15, -0.1) is 0 Å². The van der Waals surface area contributed by atoms with Gasteiger partial charge in [0, 0.05) is 12.8 Å². The van der Waals surface area contributed by atoms with Gasteiger partial charge in [-0.3, -0.25) is 4.79 Å². The molecule has 0 spiro atoms. The Morgan fingerprint density at radius 3 is 2.14 bits per heavy atom. The topological polar surface area (TPSA) is 57.5 Å². The molecule has 3 nitrogen and oxygen atoms in total. The van der Waals surface area contributed by atoms with E-state index < -0.39 is 0 Å². The van der Waals surface area contributed by atoms with Gasteiger partial charge >= 0.3 is 0 Å². The SMILES string of the molecule is O=C(Cc1ccc(O)c(O)c1)CC12CC3CC(CC(C3)C1)C2. The number of aromatic hydroxyl groups is 2. The molecule has 0 aromatic heterocycles. The van der Waals surface area contributed by atoms with Crippen LogP contribution in [0.4, 0.5) is 0 Å². The summed E-state index contributed by atoms with van der Waals surface area (Å²) >= 11 is 0. The molecule has 4 aliphatic carbocycles. The monoisotopic (exact) mass is 300 g/mol. The van der Waals surface area contributed by atoms with Gasteiger partial charge in [0.1, 0.15) is 5.78 Å². The molecule has 0 amide bonds. The molecule has 4 bridgehead atoms. The second-order valence-electron chi connectivity index (χ2n) is 8.13. The summed E-state index contributed by atoms with van der Waals surface area (Å²) in [6, 6.07) is 4.70. The van der Waals surface area contributed by atoms with Crippen LogP contribution in [0.3, 0.4) is 0 Å². The molecule has 3 heteroatoms. The summed E-state index contributed by atoms with van der Waals surface area (Å²) in [5.41, 5.74) is 1.08. The zero-order valence-corrected chi connectivity index (χ0v) is 12.9. The van der Waals surface area contributed by atoms with Crippen LogP contribution < -0.4 is 0 Å². The Kier molecular flexibility index (Phi) is 3.21. The smallest absolute Gasteiger partial charge is 0.157 e. The average Bonchev–Trinajstić information content (AvgIpc) is 2.40. The molecule has 0 atom stereocenters. The van der Waals surface area contributed by atoms with E-state index >= 15 is 0 Å². The molecule has 1 aromatic carbocycles. The highest BCUT2D eigenvalue weighted by molar-refractivity contribution is 5.81. The number of carbonyl (C=O) groups excluding carboxylic acids is 1. The fraction of sp³-hybridized carbons (Fsp3) is 0.632. The standard InChI is InChI=1S/C19H24O3/c20-16(6-12-1-2-17(21)18(22)7-12)11-19-8-13-3-14(9-19)5-15(4-13)10-19/h1-2,7,13-15,21-22H,3-6,8-11H2. The molecule has 4 fully saturated rings. The van der Waals surface area contributed by atoms with Crippen LogP contribution in [0.25, 0.3) is 0 Å². The molecule has 0 radical (unpaired) electrons. The number of hydrogen-bond donors (Lipinski definition) is 2. The van der Waals surface area contributed by atoms with Crippen LogP contribution in [-0.2, 0) is 11.2 Å². The van der Waals surface area contributed by atoms with E-state index in [4.69, 9.17) is 0 Å². The summed E-state index contributed by atoms with van der Waals surface area (Å²) in [5.74, 6) is 2.63. The van der Waals surface area contributed by atoms with Crippen molar-refractivity contribution in [2.75, 3.05) is 0 Å². The summed E-state index contributed by atoms with van der Waals surface area (Å²) in [7, 11) is 0. The van der Waals surface area contributed by atoms with Crippen molar-refractivity contribution in [3.63, 3.8) is 0 Å². The van der Waals surface area contributed by atoms with Gasteiger partial charge in [0.15, 0.2) is 11.5 Å². The van der Waals surface area contributed by atoms with Gasteiger partial charge in [0.05, 0.1) is 0 Å². The Morgan fingerprint density at radius 2 is 1.59 bits per heavy atom. The van der Waals surface area contributed by atoms with Crippen molar-refractivity contribution in [1.82, 2.24) is 0 Å². The first kappa shape index (κ1) is 14.1. The number of phenolic OH excluding ortho intramolecular Hbond substituents is 2. The lowest BCUT2D eigenvalue weighted by molar-refractivity contribution is -0.126. The number of phenols is 2. The maximum Gasteiger partial charge on any atom is 0.157 e. The van der Waals surface area contributed by atoms with Crippen molar-refractivity contribution in [3.8, 4) is 11.5 Å². The third kappa shape index (κ3) is 2.51. The normalized spacial score (nSPS) is 35.7. The molecule has 118 valence electrons. The molecule has 0 aliphatic heterocycles. The second-order valence-corrected chi connectivity index (χ2v) is 8.13. The van der Waals surface area contributed by atoms with Crippen LogP contribution in [0.1, 0.15) is 50.5 Å². The van der Waals surface area contributed by atoms with Crippen LogP contribution in [0.5, 0.6) is 11.5 Å². The summed E-state index contributed by atoms with van der Waals surface area (Å²) in [6.07, 6.45) is 9.05. The molecule has 0 saturated heterocycles. The highest BCUT2D eigenvalue weighted by Gasteiger charge is 2.51. The molecule has 0 unspecified atom stereocenters. The van der Waals surface area contributed by atoms with E-state index in [0.717, 1.165) is 23.3 Å². The molecule has 4 aliphatic rings. The quantitative estimate of drug-likeness (QED) is 0.831. The van der Waals surface area contributed by atoms with Crippen LogP contribution >= 0.6 is 0 Å². The maximum absolute atomic E-state index is 12.5. The minimum absolute atomic E-state index is 0.128. The average molecular weight is 300 g/mol. The lowest BCUT2D eigenvalue weighted by Gasteiger charge is -2.56. The largest absolute Gasteiger partial charge is 0.504 e. The number of Topliss-reactive ketones (excluding diaryl/α,β-unsaturated/α-hetero) is 1. The molecule has 4 saturated carbocycles. The van der Waals surface area contributed by atoms with Crippen molar-refractivity contribution >= 4 is 5.78 Å². The number of rotatable bonds is 4. The number of benzene rings is 1. The van der Waals surface area contributed by atoms with E-state index in [-0.39, 0.29) is 22.7 Å². The van der Waals surface area contributed by atoms with Gasteiger partial charge in [-0.2, -0.15) is 0 Å². The van der Waals surface area contributed by atoms with Crippen LogP contribution in [0.2, 0.25) is 0 Å². The van der Waals surface area contributed by atoms with E-state index in [1.165, 1.54) is 50.7 Å². The Balaban J connectivity index is 1.44. The number of ketones is 1. The predicted octanol–water partition coefficient (Wildman–Crippen LogP) is 3.82. The van der Waals surface area contributed by atoms with E-state index in [9.17, 15) is 15.0 Å². The van der Waals surface area contributed by atoms with Crippen molar-refractivity contribution in [1.29, 1.82) is 0 Å². The zero-order chi connectivity index (χ0) is 15.3. The van der Waals surface area contributed by atoms with Crippen molar-refractivity contribution in [2.24, 2.45) is 23.2 Å². The first-order valence-corrected chi connectivity index (χ1v) is 8.54. The van der Waals surface area contributed by atoms with Gasteiger partial charge in [0.2, 0.25) is 0 Å². The van der Waals surface area contributed by atoms with Gasteiger partial charge in [0.25, 0.3) is 0 Å². The molecular weight excluding hydrogens is 276 g/mol. The predicted molar refractivity (Wildman–Crippen MR) is 83.7 cm³/mol. The summed E-state index contributed by atoms with van der Waals surface area (Å²) in [6.45, 7) is 0. The first-order valence-electron chi connectivity index (χ1n) is 8.54. The third-order valence-electron chi connectivity index (χ3n) is 6.18. The minimum Gasteiger partial charge on any atom is -0.504 e. The number of hydrogen-bond acceptors (Lipinski definition) is 3. The van der Waals surface area contributed by atoms with E-state index in [2.05, 4.69) is 0 Å². The van der Waals surface area contributed by atoms with Crippen LogP contribution in [0.15, 0.2) is 18.2 Å². The minimum atomic E-state index is -0.139. The van der Waals surface area contributed by atoms with Crippen LogP contribution in [0, 0.1) is 23.2 Å². The molecule has 5 rings (SSSR count). The molecule has 1 aromatic rings. The second kappa shape index (κ2) is 5.00. The lowest BCUT2D eigenvalue weighted by atomic mass is 9.48. The van der Waals surface area contributed by atoms with Crippen molar-refractivity contribution in [2.45, 2.75) is 51.4 Å². The van der Waals surface area contributed by atoms with Gasteiger partial charge < -0.3 is 10.2 Å². The summed E-state index contributed by atoms with van der Waals surface area (Å²) < 4.78 is 0. The zero-order valence-electron chi connectivity index (χ0n) is 12.9. The molecular formula is C19H24O3. The molecule has 0 heterocycles. The third-order valence-corrected chi connectivity index (χ3v) is 6.18. The molecule has 22 heavy (non-hydrogen) atoms. The van der Waals surface area contributed by atoms with Gasteiger partial charge in [-0.05, 0) is 79.4 Å². The summed E-state index contributed by atoms with van der Waals surface area (Å²) in [4.78, 5) is 12.5. The van der Waals surface area contributed by atoms with Gasteiger partial charge in [-0.1, -0.05) is 6.07 Å². The van der Waals surface area contributed by atoms with Gasteiger partial charge in [-0.25, -0.2) is 0 Å². The number of carbonyl (C=O) groups is 1. The van der Waals surface area contributed by atoms with Crippen molar-refractivity contribution < 1.29 is 15.0 Å². The Hall–Kier alpha value is -1.51. The van der Waals surface area contributed by atoms with Crippen molar-refractivity contribution in [3.05, 3.63) is 23.8 Å². The fourth-order valence-corrected chi connectivity index (χ4v) is 5.89. The Morgan fingerprint density at radius 1 is 1.00 bits per heavy atom. The fourth-order valence-electron chi connectivity index (χ4n) is 5.89. The maximum atomic E-state index is 12.5.